The molecule has 15 rings (SSSR count). The maximum atomic E-state index is 15.3. The van der Waals surface area contributed by atoms with E-state index in [1.165, 1.54) is 29.5 Å². The van der Waals surface area contributed by atoms with E-state index in [-0.39, 0.29) is 65.1 Å². The van der Waals surface area contributed by atoms with E-state index < -0.39 is 5.41 Å². The highest BCUT2D eigenvalue weighted by Crippen LogP contribution is 2.72. The molecule has 0 radical (unpaired) electrons. The number of hydrogen-bond acceptors (Lipinski definition) is 10. The topological polar surface area (TPSA) is 141 Å². The van der Waals surface area contributed by atoms with Crippen LogP contribution in [0.2, 0.25) is 0 Å². The van der Waals surface area contributed by atoms with Gasteiger partial charge in [0, 0.05) is 36.2 Å². The van der Waals surface area contributed by atoms with E-state index in [0.717, 1.165) is 148 Å². The molecule has 4 aromatic rings. The maximum absolute atomic E-state index is 15.3. The number of carbonyl (C=O) groups excluding carboxylic acids is 2. The molecule has 6 aliphatic carbocycles. The number of ether oxygens (including phenoxy) is 2. The van der Waals surface area contributed by atoms with Crippen LogP contribution in [-0.2, 0) is 38.4 Å². The average molecular weight is 1060 g/mol. The third-order valence-corrected chi connectivity index (χ3v) is 21.3. The number of hydrogen-bond donors (Lipinski definition) is 6. The van der Waals surface area contributed by atoms with Gasteiger partial charge in [-0.1, -0.05) is 98.6 Å². The quantitative estimate of drug-likeness (QED) is 0.0851. The standard InChI is InChI=1S/C69H82N4O6/c1-3-42(33-43-11-5-4-6-12-43)36-59-69-30-24-53-54-21-22-55-58(78-66(76)62(55)63(54)69)25-29-68(50-27-32-72-60(37-50)70-2)28-23-49(39-68)65(73-41-57(75)46-15-7-8-16-46)48-18-9-13-44(34-48)26-31-71-40-45-14-10-17-47(35-45)52-20-19-51(74)38-56(52)61(53)64(69)67(77)79-59/h4-6,9-14,17-20,25,34-36,38,42,46,49-50,53-54,57,60,63,65,70-75H,3,7-8,15-16,21-24,26-33,37,39-41H2,1-2H3/b58-25?,59-36-/t42-,49-,50+,53+,54-,57-,60-,63+,65+,68+,69+/m0/s1. The number of fused-ring (bicyclic) bond motifs is 5. The molecular formula is C69H82N4O6. The van der Waals surface area contributed by atoms with Crippen LogP contribution < -0.4 is 21.3 Å². The minimum Gasteiger partial charge on any atom is -0.508 e. The third kappa shape index (κ3) is 9.69. The zero-order valence-electron chi connectivity index (χ0n) is 46.5. The molecule has 14 bridgehead atoms. The van der Waals surface area contributed by atoms with Crippen LogP contribution in [0, 0.1) is 52.3 Å². The lowest BCUT2D eigenvalue weighted by molar-refractivity contribution is -0.135. The summed E-state index contributed by atoms with van der Waals surface area (Å²) in [6, 6.07) is 34.3. The summed E-state index contributed by atoms with van der Waals surface area (Å²) in [4.78, 5) is 30.5. The lowest BCUT2D eigenvalue weighted by Crippen LogP contribution is -2.52. The van der Waals surface area contributed by atoms with Crippen molar-refractivity contribution in [2.75, 3.05) is 26.7 Å². The van der Waals surface area contributed by atoms with E-state index in [0.29, 0.717) is 48.6 Å². The minimum absolute atomic E-state index is 0.0296. The average Bonchev–Trinajstić information content (AvgIpc) is 2.69. The number of aliphatic hydroxyl groups excluding tert-OH is 1. The van der Waals surface area contributed by atoms with Gasteiger partial charge in [-0.2, -0.15) is 0 Å². The van der Waals surface area contributed by atoms with Crippen LogP contribution in [-0.4, -0.2) is 61.1 Å². The Balaban J connectivity index is 0.957. The van der Waals surface area contributed by atoms with Crippen molar-refractivity contribution >= 4 is 17.5 Å². The second-order valence-electron chi connectivity index (χ2n) is 25.4. The van der Waals surface area contributed by atoms with Crippen LogP contribution in [0.15, 0.2) is 137 Å². The Labute approximate surface area is 468 Å². The lowest BCUT2D eigenvalue weighted by Gasteiger charge is -2.56. The van der Waals surface area contributed by atoms with Crippen molar-refractivity contribution < 1.29 is 29.3 Å². The van der Waals surface area contributed by atoms with Gasteiger partial charge in [0.25, 0.3) is 0 Å². The predicted molar refractivity (Wildman–Crippen MR) is 310 cm³/mol. The van der Waals surface area contributed by atoms with Gasteiger partial charge >= 0.3 is 11.9 Å². The molecule has 2 saturated heterocycles. The fraction of sp³-hybridized carbons (Fsp3) is 0.507. The van der Waals surface area contributed by atoms with Gasteiger partial charge in [-0.15, -0.1) is 0 Å². The first-order valence-corrected chi connectivity index (χ1v) is 30.6. The van der Waals surface area contributed by atoms with E-state index in [2.05, 4.69) is 126 Å². The molecule has 0 amide bonds. The van der Waals surface area contributed by atoms with Crippen LogP contribution in [0.1, 0.15) is 137 Å². The fourth-order valence-electron chi connectivity index (χ4n) is 17.4. The number of cyclic esters (lactones) is 1. The molecule has 0 unspecified atom stereocenters. The molecule has 5 heterocycles. The van der Waals surface area contributed by atoms with Crippen LogP contribution >= 0.6 is 0 Å². The number of aliphatic hydroxyl groups is 1. The van der Waals surface area contributed by atoms with E-state index in [1.807, 2.05) is 12.1 Å². The first-order chi connectivity index (χ1) is 38.6. The molecule has 11 atom stereocenters. The normalized spacial score (nSPS) is 31.9. The van der Waals surface area contributed by atoms with Gasteiger partial charge in [0.15, 0.2) is 0 Å². The number of piperidine rings is 1. The summed E-state index contributed by atoms with van der Waals surface area (Å²) >= 11 is 0. The third-order valence-electron chi connectivity index (χ3n) is 21.3. The highest BCUT2D eigenvalue weighted by molar-refractivity contribution is 6.07. The van der Waals surface area contributed by atoms with Crippen LogP contribution in [0.4, 0.5) is 0 Å². The number of benzene rings is 4. The number of esters is 2. The predicted octanol–water partition coefficient (Wildman–Crippen LogP) is 11.9. The van der Waals surface area contributed by atoms with Crippen molar-refractivity contribution in [1.29, 1.82) is 0 Å². The minimum atomic E-state index is -0.882. The number of phenolic OH excluding ortho intramolecular Hbond substituents is 1. The van der Waals surface area contributed by atoms with Gasteiger partial charge in [0.1, 0.15) is 17.3 Å². The molecule has 414 valence electrons. The molecule has 5 aliphatic heterocycles. The summed E-state index contributed by atoms with van der Waals surface area (Å²) in [5.74, 6) is 1.96. The van der Waals surface area contributed by atoms with Crippen LogP contribution in [0.25, 0.3) is 16.7 Å². The Hall–Kier alpha value is -5.62. The zero-order valence-corrected chi connectivity index (χ0v) is 46.5. The summed E-state index contributed by atoms with van der Waals surface area (Å²) in [7, 11) is 2.07. The summed E-state index contributed by atoms with van der Waals surface area (Å²) in [5, 5.41) is 38.3. The summed E-state index contributed by atoms with van der Waals surface area (Å²) in [6.45, 7) is 5.25. The van der Waals surface area contributed by atoms with Crippen molar-refractivity contribution in [3.63, 3.8) is 0 Å². The Morgan fingerprint density at radius 2 is 1.67 bits per heavy atom. The van der Waals surface area contributed by atoms with Crippen LogP contribution in [0.3, 0.4) is 0 Å². The molecule has 5 fully saturated rings. The smallest absolute Gasteiger partial charge is 0.340 e. The molecule has 10 nitrogen and oxygen atoms in total. The van der Waals surface area contributed by atoms with Gasteiger partial charge in [-0.05, 0) is 232 Å². The van der Waals surface area contributed by atoms with Gasteiger partial charge in [0.05, 0.1) is 23.3 Å². The molecule has 3 saturated carbocycles. The Morgan fingerprint density at radius 1 is 0.823 bits per heavy atom. The highest BCUT2D eigenvalue weighted by Gasteiger charge is 2.68. The summed E-state index contributed by atoms with van der Waals surface area (Å²) in [6.07, 6.45) is 20.8. The van der Waals surface area contributed by atoms with Gasteiger partial charge < -0.3 is 41.0 Å². The molecule has 0 aromatic heterocycles. The molecule has 4 aromatic carbocycles. The molecule has 1 spiro atoms. The molecule has 10 heteroatoms. The SMILES string of the molecule is CC[C@H](/C=C1\OC(=O)C2=C3c4cc(O)ccc4-c4cccc(c4)CNCCc4cccc(c4)[C@@H](NC[C@H](O)C4CCCC4)[C@H]4CC[C@@]([C@@H]5CCN[C@H](NC)C5)(CC=C5OC(=O)C6=C5CC[C@H]5[C@H]3CC[C@@]21[C@@H]65)C4)Cc1ccccc1. The molecule has 11 aliphatic rings. The highest BCUT2D eigenvalue weighted by atomic mass is 16.6. The largest absolute Gasteiger partial charge is 0.508 e. The van der Waals surface area contributed by atoms with Crippen molar-refractivity contribution in [3.8, 4) is 16.9 Å². The number of rotatable bonds is 10. The fourth-order valence-corrected chi connectivity index (χ4v) is 17.4. The molecule has 6 N–H and O–H groups in total. The number of phenols is 1. The number of nitrogens with one attached hydrogen (secondary N) is 4. The monoisotopic (exact) mass is 1060 g/mol. The summed E-state index contributed by atoms with van der Waals surface area (Å²) in [5.41, 5.74) is 10.4. The van der Waals surface area contributed by atoms with E-state index in [1.54, 1.807) is 6.07 Å². The van der Waals surface area contributed by atoms with Gasteiger partial charge in [-0.3, -0.25) is 0 Å². The summed E-state index contributed by atoms with van der Waals surface area (Å²) < 4.78 is 13.4. The Kier molecular flexibility index (Phi) is 14.7. The van der Waals surface area contributed by atoms with Crippen molar-refractivity contribution in [2.24, 2.45) is 52.3 Å². The van der Waals surface area contributed by atoms with Crippen molar-refractivity contribution in [1.82, 2.24) is 21.3 Å². The Morgan fingerprint density at radius 3 is 2.52 bits per heavy atom. The molecular weight excluding hydrogens is 981 g/mol. The maximum Gasteiger partial charge on any atom is 0.340 e. The van der Waals surface area contributed by atoms with E-state index in [4.69, 9.17) is 9.47 Å². The molecule has 79 heavy (non-hydrogen) atoms. The van der Waals surface area contributed by atoms with E-state index >= 15 is 9.59 Å². The van der Waals surface area contributed by atoms with Gasteiger partial charge in [0.2, 0.25) is 0 Å². The number of allylic oxidation sites excluding steroid dienone is 5. The zero-order chi connectivity index (χ0) is 53.8. The second-order valence-corrected chi connectivity index (χ2v) is 25.4. The first kappa shape index (κ1) is 52.7. The van der Waals surface area contributed by atoms with Gasteiger partial charge in [-0.25, -0.2) is 9.59 Å². The van der Waals surface area contributed by atoms with Crippen LogP contribution in [0.5, 0.6) is 5.75 Å². The number of aromatic hydroxyl groups is 1. The first-order valence-electron chi connectivity index (χ1n) is 30.6. The number of carbonyl (C=O) groups is 2. The Bertz CT molecular complexity index is 3100. The lowest BCUT2D eigenvalue weighted by atomic mass is 9.44. The second kappa shape index (κ2) is 22.0. The van der Waals surface area contributed by atoms with Crippen molar-refractivity contribution in [3.05, 3.63) is 165 Å². The van der Waals surface area contributed by atoms with E-state index in [9.17, 15) is 10.2 Å². The van der Waals surface area contributed by atoms with Crippen molar-refractivity contribution in [2.45, 2.75) is 141 Å².